The highest BCUT2D eigenvalue weighted by molar-refractivity contribution is 5.94. The van der Waals surface area contributed by atoms with E-state index in [4.69, 9.17) is 0 Å². The molecule has 1 aliphatic heterocycles. The lowest BCUT2D eigenvalue weighted by molar-refractivity contribution is 0.0724. The van der Waals surface area contributed by atoms with Gasteiger partial charge in [0.2, 0.25) is 0 Å². The first-order valence-electron chi connectivity index (χ1n) is 7.25. The fraction of sp³-hybridized carbons (Fsp3) is 0.294. The maximum Gasteiger partial charge on any atom is 0.255 e. The fourth-order valence-electron chi connectivity index (χ4n) is 2.62. The minimum atomic E-state index is -0.289. The molecule has 1 aromatic carbocycles. The van der Waals surface area contributed by atoms with Crippen LogP contribution < -0.4 is 0 Å². The first-order chi connectivity index (χ1) is 10.2. The maximum absolute atomic E-state index is 13.2. The molecule has 0 spiro atoms. The molecule has 21 heavy (non-hydrogen) atoms. The minimum Gasteiger partial charge on any atom is -0.339 e. The van der Waals surface area contributed by atoms with Gasteiger partial charge in [0.05, 0.1) is 11.3 Å². The van der Waals surface area contributed by atoms with Crippen LogP contribution in [0.5, 0.6) is 0 Å². The third-order valence-corrected chi connectivity index (χ3v) is 3.77. The maximum atomic E-state index is 13.2. The Morgan fingerprint density at radius 3 is 2.57 bits per heavy atom. The zero-order chi connectivity index (χ0) is 14.7. The van der Waals surface area contributed by atoms with Gasteiger partial charge in [0.25, 0.3) is 5.91 Å². The first-order valence-corrected chi connectivity index (χ1v) is 7.25. The number of pyridine rings is 1. The van der Waals surface area contributed by atoms with E-state index in [9.17, 15) is 9.18 Å². The van der Waals surface area contributed by atoms with Gasteiger partial charge in [-0.2, -0.15) is 0 Å². The summed E-state index contributed by atoms with van der Waals surface area (Å²) in [5, 5.41) is 0. The van der Waals surface area contributed by atoms with E-state index in [1.165, 1.54) is 18.6 Å². The van der Waals surface area contributed by atoms with Crippen molar-refractivity contribution in [2.45, 2.75) is 19.3 Å². The van der Waals surface area contributed by atoms with Crippen molar-refractivity contribution in [3.05, 3.63) is 54.0 Å². The second kappa shape index (κ2) is 6.04. The molecule has 3 nitrogen and oxygen atoms in total. The molecule has 108 valence electrons. The summed E-state index contributed by atoms with van der Waals surface area (Å²) in [4.78, 5) is 18.5. The normalized spacial score (nSPS) is 15.0. The van der Waals surface area contributed by atoms with E-state index in [1.54, 1.807) is 30.5 Å². The highest BCUT2D eigenvalue weighted by Gasteiger charge is 2.18. The average Bonchev–Trinajstić information content (AvgIpc) is 2.55. The topological polar surface area (TPSA) is 33.2 Å². The molecule has 3 rings (SSSR count). The van der Waals surface area contributed by atoms with Crippen molar-refractivity contribution in [1.29, 1.82) is 0 Å². The summed E-state index contributed by atoms with van der Waals surface area (Å²) in [7, 11) is 0. The molecular weight excluding hydrogens is 267 g/mol. The van der Waals surface area contributed by atoms with Gasteiger partial charge >= 0.3 is 0 Å². The predicted octanol–water partition coefficient (Wildman–Crippen LogP) is 3.51. The zero-order valence-corrected chi connectivity index (χ0v) is 11.8. The minimum absolute atomic E-state index is 0.0352. The van der Waals surface area contributed by atoms with Gasteiger partial charge in [-0.1, -0.05) is 12.1 Å². The predicted molar refractivity (Wildman–Crippen MR) is 79.4 cm³/mol. The van der Waals surface area contributed by atoms with Gasteiger partial charge in [-0.05, 0) is 43.5 Å². The second-order valence-electron chi connectivity index (χ2n) is 5.30. The van der Waals surface area contributed by atoms with Crippen molar-refractivity contribution in [3.63, 3.8) is 0 Å². The van der Waals surface area contributed by atoms with E-state index in [1.807, 2.05) is 4.90 Å². The Morgan fingerprint density at radius 2 is 1.90 bits per heavy atom. The Bertz CT molecular complexity index is 633. The monoisotopic (exact) mass is 284 g/mol. The van der Waals surface area contributed by atoms with Crippen molar-refractivity contribution < 1.29 is 9.18 Å². The fourth-order valence-corrected chi connectivity index (χ4v) is 2.62. The molecule has 2 heterocycles. The molecule has 1 aromatic heterocycles. The van der Waals surface area contributed by atoms with E-state index in [0.717, 1.165) is 25.9 Å². The number of hydrogen-bond donors (Lipinski definition) is 0. The number of halogens is 1. The third-order valence-electron chi connectivity index (χ3n) is 3.77. The van der Waals surface area contributed by atoms with Crippen molar-refractivity contribution in [2.75, 3.05) is 13.1 Å². The quantitative estimate of drug-likeness (QED) is 0.845. The van der Waals surface area contributed by atoms with Crippen LogP contribution in [0.25, 0.3) is 11.3 Å². The molecule has 2 aromatic rings. The Morgan fingerprint density at radius 1 is 1.10 bits per heavy atom. The Balaban J connectivity index is 1.79. The van der Waals surface area contributed by atoms with Crippen LogP contribution in [0.1, 0.15) is 29.6 Å². The first kappa shape index (κ1) is 13.7. The van der Waals surface area contributed by atoms with Crippen LogP contribution in [0.2, 0.25) is 0 Å². The van der Waals surface area contributed by atoms with Gasteiger partial charge in [0, 0.05) is 24.8 Å². The van der Waals surface area contributed by atoms with Crippen molar-refractivity contribution in [3.8, 4) is 11.3 Å². The number of rotatable bonds is 2. The highest BCUT2D eigenvalue weighted by Crippen LogP contribution is 2.19. The van der Waals surface area contributed by atoms with E-state index >= 15 is 0 Å². The lowest BCUT2D eigenvalue weighted by Crippen LogP contribution is -2.35. The number of aromatic nitrogens is 1. The molecular formula is C17H17FN2O. The smallest absolute Gasteiger partial charge is 0.255 e. The molecule has 1 saturated heterocycles. The average molecular weight is 284 g/mol. The van der Waals surface area contributed by atoms with E-state index in [2.05, 4.69) is 4.98 Å². The lowest BCUT2D eigenvalue weighted by atomic mass is 10.1. The Kier molecular flexibility index (Phi) is 3.95. The standard InChI is InChI=1S/C17H17FN2O/c18-15-6-4-5-13(11-15)16-8-7-14(12-19-16)17(21)20-9-2-1-3-10-20/h4-8,11-12H,1-3,9-10H2. The van der Waals surface area contributed by atoms with Gasteiger partial charge < -0.3 is 4.90 Å². The van der Waals surface area contributed by atoms with Gasteiger partial charge in [-0.15, -0.1) is 0 Å². The number of amides is 1. The molecule has 0 aliphatic carbocycles. The van der Waals surface area contributed by atoms with Crippen molar-refractivity contribution >= 4 is 5.91 Å². The van der Waals surface area contributed by atoms with Crippen LogP contribution in [-0.4, -0.2) is 28.9 Å². The Hall–Kier alpha value is -2.23. The Labute approximate surface area is 123 Å². The van der Waals surface area contributed by atoms with E-state index < -0.39 is 0 Å². The molecule has 0 atom stereocenters. The van der Waals surface area contributed by atoms with Gasteiger partial charge in [-0.25, -0.2) is 4.39 Å². The number of benzene rings is 1. The number of hydrogen-bond acceptors (Lipinski definition) is 2. The molecule has 1 amide bonds. The summed E-state index contributed by atoms with van der Waals surface area (Å²) in [5.41, 5.74) is 1.98. The summed E-state index contributed by atoms with van der Waals surface area (Å²) in [6.07, 6.45) is 4.92. The molecule has 0 radical (unpaired) electrons. The van der Waals surface area contributed by atoms with Crippen molar-refractivity contribution in [2.24, 2.45) is 0 Å². The zero-order valence-electron chi connectivity index (χ0n) is 11.8. The summed E-state index contributed by atoms with van der Waals surface area (Å²) >= 11 is 0. The molecule has 0 saturated carbocycles. The molecule has 0 N–H and O–H groups in total. The summed E-state index contributed by atoms with van der Waals surface area (Å²) in [5.74, 6) is -0.254. The number of carbonyl (C=O) groups is 1. The third kappa shape index (κ3) is 3.10. The molecule has 1 aliphatic rings. The van der Waals surface area contributed by atoms with Gasteiger partial charge in [-0.3, -0.25) is 9.78 Å². The number of carbonyl (C=O) groups excluding carboxylic acids is 1. The van der Waals surface area contributed by atoms with Crippen molar-refractivity contribution in [1.82, 2.24) is 9.88 Å². The second-order valence-corrected chi connectivity index (χ2v) is 5.30. The molecule has 1 fully saturated rings. The van der Waals surface area contributed by atoms with Gasteiger partial charge in [0.15, 0.2) is 0 Å². The van der Waals surface area contributed by atoms with Crippen LogP contribution in [0.3, 0.4) is 0 Å². The van der Waals surface area contributed by atoms with E-state index in [0.29, 0.717) is 16.8 Å². The SMILES string of the molecule is O=C(c1ccc(-c2cccc(F)c2)nc1)N1CCCCC1. The van der Waals surface area contributed by atoms with Crippen LogP contribution >= 0.6 is 0 Å². The van der Waals surface area contributed by atoms with E-state index in [-0.39, 0.29) is 11.7 Å². The summed E-state index contributed by atoms with van der Waals surface area (Å²) in [6, 6.07) is 9.83. The summed E-state index contributed by atoms with van der Waals surface area (Å²) in [6.45, 7) is 1.65. The lowest BCUT2D eigenvalue weighted by Gasteiger charge is -2.26. The van der Waals surface area contributed by atoms with Crippen LogP contribution in [0.4, 0.5) is 4.39 Å². The van der Waals surface area contributed by atoms with Crippen LogP contribution in [0.15, 0.2) is 42.6 Å². The van der Waals surface area contributed by atoms with Crippen LogP contribution in [0, 0.1) is 5.82 Å². The number of nitrogens with zero attached hydrogens (tertiary/aromatic N) is 2. The van der Waals surface area contributed by atoms with Crippen LogP contribution in [-0.2, 0) is 0 Å². The van der Waals surface area contributed by atoms with Gasteiger partial charge in [0.1, 0.15) is 5.82 Å². The number of piperidine rings is 1. The highest BCUT2D eigenvalue weighted by atomic mass is 19.1. The largest absolute Gasteiger partial charge is 0.339 e. The molecule has 0 bridgehead atoms. The molecule has 4 heteroatoms. The summed E-state index contributed by atoms with van der Waals surface area (Å²) < 4.78 is 13.2. The molecule has 0 unspecified atom stereocenters. The number of likely N-dealkylation sites (tertiary alicyclic amines) is 1.